The Morgan fingerprint density at radius 1 is 0.891 bits per heavy atom. The molecule has 0 atom stereocenters. The summed E-state index contributed by atoms with van der Waals surface area (Å²) in [5, 5.41) is 16.4. The number of aldehydes is 1. The molecule has 6 rings (SSSR count). The van der Waals surface area contributed by atoms with Gasteiger partial charge in [0.25, 0.3) is 20.2 Å². The first-order valence-electron chi connectivity index (χ1n) is 17.0. The number of azo groups is 2. The van der Waals surface area contributed by atoms with E-state index in [-0.39, 0.29) is 53.7 Å². The number of carbonyl (C=O) groups is 2. The molecule has 21 heteroatoms. The van der Waals surface area contributed by atoms with Gasteiger partial charge in [-0.05, 0) is 74.9 Å². The van der Waals surface area contributed by atoms with Gasteiger partial charge in [-0.2, -0.15) is 16.8 Å². The summed E-state index contributed by atoms with van der Waals surface area (Å²) in [4.78, 5) is 35.5. The SMILES string of the molecule is CCN(CC)c1ccc(N=Nc2ncc(C(=O)C(C)(C)C)s2)c(S(=O)(=O)O)c1.O=Cc1cnc(N=Nc2cc3c4c(c2S(=O)(=O)O)CCCN4CCC3)s1.[Ni]. The fourth-order valence-corrected chi connectivity index (χ4v) is 9.07. The molecule has 16 nitrogen and oxygen atoms in total. The Labute approximate surface area is 337 Å². The van der Waals surface area contributed by atoms with E-state index in [1.165, 1.54) is 24.5 Å². The van der Waals surface area contributed by atoms with E-state index in [0.29, 0.717) is 46.8 Å². The first-order valence-corrected chi connectivity index (χ1v) is 21.5. The van der Waals surface area contributed by atoms with E-state index in [4.69, 9.17) is 0 Å². The van der Waals surface area contributed by atoms with Crippen molar-refractivity contribution in [1.82, 2.24) is 9.97 Å². The summed E-state index contributed by atoms with van der Waals surface area (Å²) >= 11 is 2.13. The maximum absolute atomic E-state index is 12.3. The maximum atomic E-state index is 12.3. The van der Waals surface area contributed by atoms with Gasteiger partial charge in [0, 0.05) is 59.5 Å². The molecule has 2 aliphatic heterocycles. The molecule has 0 amide bonds. The molecule has 2 N–H and O–H groups in total. The molecule has 2 aromatic heterocycles. The second-order valence-electron chi connectivity index (χ2n) is 13.3. The van der Waals surface area contributed by atoms with Gasteiger partial charge in [0.2, 0.25) is 10.3 Å². The summed E-state index contributed by atoms with van der Waals surface area (Å²) in [5.41, 5.74) is 2.80. The summed E-state index contributed by atoms with van der Waals surface area (Å²) in [6.45, 7) is 12.5. The number of hydrogen-bond donors (Lipinski definition) is 2. The number of rotatable bonds is 11. The third kappa shape index (κ3) is 10.5. The minimum atomic E-state index is -4.49. The van der Waals surface area contributed by atoms with Gasteiger partial charge in [-0.25, -0.2) is 9.97 Å². The van der Waals surface area contributed by atoms with Crippen LogP contribution in [-0.4, -0.2) is 74.2 Å². The maximum Gasteiger partial charge on any atom is 0.297 e. The molecule has 2 aromatic carbocycles. The summed E-state index contributed by atoms with van der Waals surface area (Å²) in [6, 6.07) is 6.26. The van der Waals surface area contributed by atoms with Crippen LogP contribution >= 0.6 is 22.7 Å². The normalized spacial score (nSPS) is 14.3. The zero-order valence-electron chi connectivity index (χ0n) is 30.6. The van der Waals surface area contributed by atoms with Gasteiger partial charge in [-0.3, -0.25) is 18.7 Å². The summed E-state index contributed by atoms with van der Waals surface area (Å²) < 4.78 is 67.2. The topological polar surface area (TPSA) is 225 Å². The monoisotopic (exact) mass is 874 g/mol. The van der Waals surface area contributed by atoms with Crippen molar-refractivity contribution < 1.29 is 52.0 Å². The molecule has 0 unspecified atom stereocenters. The van der Waals surface area contributed by atoms with Crippen LogP contribution in [0.25, 0.3) is 0 Å². The molecule has 0 spiro atoms. The van der Waals surface area contributed by atoms with Gasteiger partial charge in [0.05, 0.1) is 22.1 Å². The standard InChI is InChI=1S/C18H24N4O4S2.C16H16N4O4S2.Ni/c1-6-22(7-2)12-8-9-13(15(10-12)28(24,25)26)20-21-17-19-11-14(27-17)16(23)18(3,4)5;21-9-11-8-17-16(25-11)19-18-13-7-10-3-1-5-20-6-2-4-12(14(10)20)15(13)26(22,23)24;/h8-11H,6-7H2,1-5H3,(H,24,25,26);7-9H,1-6H2,(H,22,23,24);. The molecule has 0 saturated heterocycles. The molecule has 4 heterocycles. The molecule has 0 aliphatic carbocycles. The third-order valence-electron chi connectivity index (χ3n) is 8.57. The fourth-order valence-electron chi connectivity index (χ4n) is 6.11. The molecule has 0 saturated carbocycles. The van der Waals surface area contributed by atoms with Crippen molar-refractivity contribution in [1.29, 1.82) is 0 Å². The van der Waals surface area contributed by atoms with Crippen molar-refractivity contribution in [2.24, 2.45) is 25.9 Å². The van der Waals surface area contributed by atoms with E-state index >= 15 is 0 Å². The molecular weight excluding hydrogens is 835 g/mol. The number of benzene rings is 2. The first kappa shape index (κ1) is 43.9. The van der Waals surface area contributed by atoms with Crippen LogP contribution in [0.3, 0.4) is 0 Å². The Morgan fingerprint density at radius 3 is 2.09 bits per heavy atom. The Kier molecular flexibility index (Phi) is 14.3. The molecule has 0 radical (unpaired) electrons. The smallest absolute Gasteiger partial charge is 0.297 e. The van der Waals surface area contributed by atoms with E-state index in [0.717, 1.165) is 66.3 Å². The number of carbonyl (C=O) groups excluding carboxylic acids is 2. The van der Waals surface area contributed by atoms with E-state index in [1.807, 2.05) is 39.5 Å². The Hall–Kier alpha value is -3.85. The Bertz CT molecular complexity index is 2330. The van der Waals surface area contributed by atoms with Crippen LogP contribution in [0, 0.1) is 5.41 Å². The number of hydrogen-bond acceptors (Lipinski definition) is 16. The fraction of sp³-hybridized carbons (Fsp3) is 0.412. The predicted molar refractivity (Wildman–Crippen MR) is 207 cm³/mol. The minimum Gasteiger partial charge on any atom is -0.372 e. The molecule has 0 fully saturated rings. The average Bonchev–Trinajstić information content (AvgIpc) is 3.79. The van der Waals surface area contributed by atoms with Crippen LogP contribution in [0.1, 0.15) is 77.9 Å². The number of anilines is 2. The summed E-state index contributed by atoms with van der Waals surface area (Å²) in [6.07, 6.45) is 6.69. The number of thiazole rings is 2. The summed E-state index contributed by atoms with van der Waals surface area (Å²) in [5.74, 6) is -0.0614. The van der Waals surface area contributed by atoms with E-state index in [9.17, 15) is 35.5 Å². The second kappa shape index (κ2) is 18.0. The van der Waals surface area contributed by atoms with Gasteiger partial charge >= 0.3 is 0 Å². The number of ketones is 1. The molecule has 0 bridgehead atoms. The molecule has 2 aliphatic rings. The Balaban J connectivity index is 0.000000241. The average molecular weight is 876 g/mol. The van der Waals surface area contributed by atoms with Crippen molar-refractivity contribution >= 4 is 88.0 Å². The van der Waals surface area contributed by atoms with Gasteiger partial charge in [0.15, 0.2) is 12.1 Å². The van der Waals surface area contributed by atoms with Crippen molar-refractivity contribution in [3.8, 4) is 0 Å². The largest absolute Gasteiger partial charge is 0.372 e. The van der Waals surface area contributed by atoms with Crippen molar-refractivity contribution in [2.75, 3.05) is 36.0 Å². The number of aromatic nitrogens is 2. The number of nitrogens with zero attached hydrogens (tertiary/aromatic N) is 8. The molecular formula is C34H40N8NiO8S4. The number of aryl methyl sites for hydroxylation is 1. The van der Waals surface area contributed by atoms with Crippen LogP contribution in [0.5, 0.6) is 0 Å². The van der Waals surface area contributed by atoms with Gasteiger partial charge in [-0.1, -0.05) is 43.4 Å². The third-order valence-corrected chi connectivity index (χ3v) is 12.1. The van der Waals surface area contributed by atoms with Crippen LogP contribution in [0.15, 0.2) is 66.9 Å². The Morgan fingerprint density at radius 2 is 1.51 bits per heavy atom. The predicted octanol–water partition coefficient (Wildman–Crippen LogP) is 8.19. The summed E-state index contributed by atoms with van der Waals surface area (Å²) in [7, 11) is -8.95. The molecule has 4 aromatic rings. The van der Waals surface area contributed by atoms with Crippen LogP contribution in [0.4, 0.5) is 33.0 Å². The van der Waals surface area contributed by atoms with Crippen LogP contribution in [0.2, 0.25) is 0 Å². The zero-order valence-corrected chi connectivity index (χ0v) is 34.8. The second-order valence-corrected chi connectivity index (χ2v) is 18.1. The van der Waals surface area contributed by atoms with Crippen molar-refractivity contribution in [3.63, 3.8) is 0 Å². The van der Waals surface area contributed by atoms with Crippen LogP contribution in [-0.2, 0) is 49.6 Å². The van der Waals surface area contributed by atoms with E-state index in [1.54, 1.807) is 12.1 Å². The van der Waals surface area contributed by atoms with Crippen LogP contribution < -0.4 is 9.80 Å². The minimum absolute atomic E-state index is 0. The zero-order chi connectivity index (χ0) is 39.4. The van der Waals surface area contributed by atoms with Gasteiger partial charge < -0.3 is 9.80 Å². The van der Waals surface area contributed by atoms with E-state index in [2.05, 4.69) is 35.3 Å². The quantitative estimate of drug-likeness (QED) is 0.0478. The molecule has 55 heavy (non-hydrogen) atoms. The van der Waals surface area contributed by atoms with Gasteiger partial charge in [0.1, 0.15) is 21.2 Å². The van der Waals surface area contributed by atoms with E-state index < -0.39 is 25.7 Å². The molecule has 298 valence electrons. The number of Topliss-reactive ketones (excluding diaryl/α,β-unsaturated/α-hetero) is 1. The van der Waals surface area contributed by atoms with Crippen molar-refractivity contribution in [3.05, 3.63) is 57.5 Å². The van der Waals surface area contributed by atoms with Gasteiger partial charge in [-0.15, -0.1) is 20.5 Å². The first-order chi connectivity index (χ1) is 25.4. The van der Waals surface area contributed by atoms with Crippen molar-refractivity contribution in [2.45, 2.75) is 70.1 Å².